The summed E-state index contributed by atoms with van der Waals surface area (Å²) in [5, 5.41) is 3.40. The molecule has 162 valence electrons. The maximum absolute atomic E-state index is 13.1. The van der Waals surface area contributed by atoms with Gasteiger partial charge in [-0.05, 0) is 30.3 Å². The normalized spacial score (nSPS) is 11.3. The Balaban J connectivity index is 1.60. The van der Waals surface area contributed by atoms with Crippen molar-refractivity contribution in [2.75, 3.05) is 6.61 Å². The zero-order valence-electron chi connectivity index (χ0n) is 16.6. The van der Waals surface area contributed by atoms with Gasteiger partial charge in [-0.15, -0.1) is 0 Å². The van der Waals surface area contributed by atoms with E-state index in [2.05, 4.69) is 20.3 Å². The smallest absolute Gasteiger partial charge is 0.422 e. The van der Waals surface area contributed by atoms with E-state index in [0.717, 1.165) is 5.56 Å². The Bertz CT molecular complexity index is 1250. The number of para-hydroxylation sites is 1. The number of rotatable bonds is 6. The molecule has 0 radical (unpaired) electrons. The Morgan fingerprint density at radius 3 is 2.56 bits per heavy atom. The van der Waals surface area contributed by atoms with Crippen LogP contribution in [-0.2, 0) is 6.54 Å². The zero-order chi connectivity index (χ0) is 22.6. The summed E-state index contributed by atoms with van der Waals surface area (Å²) in [5.41, 5.74) is 2.77. The Morgan fingerprint density at radius 1 is 1.00 bits per heavy atom. The Labute approximate surface area is 181 Å². The Kier molecular flexibility index (Phi) is 5.98. The number of nitrogens with zero attached hydrogens (tertiary/aromatic N) is 3. The second kappa shape index (κ2) is 9.01. The van der Waals surface area contributed by atoms with Gasteiger partial charge in [-0.2, -0.15) is 13.2 Å². The Morgan fingerprint density at radius 2 is 1.78 bits per heavy atom. The van der Waals surface area contributed by atoms with Gasteiger partial charge in [0.25, 0.3) is 5.91 Å². The molecule has 0 fully saturated rings. The van der Waals surface area contributed by atoms with Crippen LogP contribution in [-0.4, -0.2) is 33.6 Å². The average Bonchev–Trinajstić information content (AvgIpc) is 2.81. The number of ether oxygens (including phenoxy) is 1. The highest BCUT2D eigenvalue weighted by Gasteiger charge is 2.29. The SMILES string of the molecule is O=C(NCc1cccnc1OCC(F)(F)F)c1cc(-c2ccncc2)nc2ccccc12. The number of aromatic nitrogens is 3. The molecular weight excluding hydrogens is 421 g/mol. The van der Waals surface area contributed by atoms with Crippen LogP contribution in [0.1, 0.15) is 15.9 Å². The minimum Gasteiger partial charge on any atom is -0.468 e. The average molecular weight is 438 g/mol. The predicted molar refractivity (Wildman–Crippen MR) is 112 cm³/mol. The largest absolute Gasteiger partial charge is 0.468 e. The first-order chi connectivity index (χ1) is 15.4. The third-order valence-corrected chi connectivity index (χ3v) is 4.60. The van der Waals surface area contributed by atoms with Crippen molar-refractivity contribution in [3.05, 3.63) is 84.3 Å². The molecule has 0 saturated carbocycles. The summed E-state index contributed by atoms with van der Waals surface area (Å²) in [4.78, 5) is 25.5. The van der Waals surface area contributed by atoms with Crippen molar-refractivity contribution in [3.63, 3.8) is 0 Å². The number of nitrogens with one attached hydrogen (secondary N) is 1. The van der Waals surface area contributed by atoms with Gasteiger partial charge in [-0.1, -0.05) is 24.3 Å². The second-order valence-electron chi connectivity index (χ2n) is 6.86. The first kappa shape index (κ1) is 21.2. The van der Waals surface area contributed by atoms with E-state index in [1.165, 1.54) is 6.20 Å². The molecule has 4 aromatic rings. The molecule has 0 aliphatic carbocycles. The van der Waals surface area contributed by atoms with Crippen molar-refractivity contribution in [1.82, 2.24) is 20.3 Å². The molecule has 0 bridgehead atoms. The highest BCUT2D eigenvalue weighted by atomic mass is 19.4. The lowest BCUT2D eigenvalue weighted by atomic mass is 10.0. The number of carbonyl (C=O) groups excluding carboxylic acids is 1. The number of halogens is 3. The number of pyridine rings is 3. The fourth-order valence-corrected chi connectivity index (χ4v) is 3.14. The van der Waals surface area contributed by atoms with Crippen LogP contribution < -0.4 is 10.1 Å². The second-order valence-corrected chi connectivity index (χ2v) is 6.86. The molecule has 1 aromatic carbocycles. The summed E-state index contributed by atoms with van der Waals surface area (Å²) in [5.74, 6) is -0.577. The maximum Gasteiger partial charge on any atom is 0.422 e. The monoisotopic (exact) mass is 438 g/mol. The number of fused-ring (bicyclic) bond motifs is 1. The summed E-state index contributed by atoms with van der Waals surface area (Å²) in [6.45, 7) is -1.52. The minimum atomic E-state index is -4.49. The van der Waals surface area contributed by atoms with Crippen LogP contribution in [0.15, 0.2) is 73.2 Å². The molecule has 6 nitrogen and oxygen atoms in total. The highest BCUT2D eigenvalue weighted by Crippen LogP contribution is 2.25. The molecule has 1 amide bonds. The molecule has 3 aromatic heterocycles. The number of benzene rings is 1. The van der Waals surface area contributed by atoms with Crippen molar-refractivity contribution in [3.8, 4) is 17.1 Å². The summed E-state index contributed by atoms with van der Waals surface area (Å²) in [6, 6.07) is 15.6. The number of hydrogen-bond acceptors (Lipinski definition) is 5. The zero-order valence-corrected chi connectivity index (χ0v) is 16.6. The van der Waals surface area contributed by atoms with E-state index in [-0.39, 0.29) is 12.4 Å². The third kappa shape index (κ3) is 5.00. The van der Waals surface area contributed by atoms with Gasteiger partial charge < -0.3 is 10.1 Å². The van der Waals surface area contributed by atoms with Crippen LogP contribution in [0.2, 0.25) is 0 Å². The van der Waals surface area contributed by atoms with Gasteiger partial charge in [-0.3, -0.25) is 9.78 Å². The predicted octanol–water partition coefficient (Wildman–Crippen LogP) is 4.56. The molecular formula is C23H17F3N4O2. The van der Waals surface area contributed by atoms with Crippen LogP contribution in [0, 0.1) is 0 Å². The van der Waals surface area contributed by atoms with Gasteiger partial charge in [0.1, 0.15) is 0 Å². The molecule has 3 heterocycles. The first-order valence-corrected chi connectivity index (χ1v) is 9.62. The molecule has 32 heavy (non-hydrogen) atoms. The van der Waals surface area contributed by atoms with Crippen molar-refractivity contribution in [2.24, 2.45) is 0 Å². The van der Waals surface area contributed by atoms with Crippen LogP contribution in [0.3, 0.4) is 0 Å². The van der Waals surface area contributed by atoms with E-state index < -0.39 is 18.7 Å². The van der Waals surface area contributed by atoms with Crippen molar-refractivity contribution >= 4 is 16.8 Å². The molecule has 0 aliphatic heterocycles. The lowest BCUT2D eigenvalue weighted by Crippen LogP contribution is -2.25. The minimum absolute atomic E-state index is 0.0545. The van der Waals surface area contributed by atoms with Gasteiger partial charge in [0.15, 0.2) is 6.61 Å². The topological polar surface area (TPSA) is 77.0 Å². The number of alkyl halides is 3. The molecule has 4 rings (SSSR count). The van der Waals surface area contributed by atoms with Gasteiger partial charge in [0.05, 0.1) is 16.8 Å². The summed E-state index contributed by atoms with van der Waals surface area (Å²) in [6.07, 6.45) is 0.111. The van der Waals surface area contributed by atoms with Gasteiger partial charge in [0, 0.05) is 41.6 Å². The van der Waals surface area contributed by atoms with E-state index in [0.29, 0.717) is 27.7 Å². The van der Waals surface area contributed by atoms with Gasteiger partial charge >= 0.3 is 6.18 Å². The fourth-order valence-electron chi connectivity index (χ4n) is 3.14. The van der Waals surface area contributed by atoms with E-state index in [9.17, 15) is 18.0 Å². The molecule has 0 saturated heterocycles. The molecule has 0 unspecified atom stereocenters. The lowest BCUT2D eigenvalue weighted by Gasteiger charge is -2.13. The van der Waals surface area contributed by atoms with Crippen molar-refractivity contribution in [1.29, 1.82) is 0 Å². The van der Waals surface area contributed by atoms with Gasteiger partial charge in [0.2, 0.25) is 5.88 Å². The summed E-state index contributed by atoms with van der Waals surface area (Å²) in [7, 11) is 0. The lowest BCUT2D eigenvalue weighted by molar-refractivity contribution is -0.154. The Hall–Kier alpha value is -4.01. The first-order valence-electron chi connectivity index (χ1n) is 9.62. The number of hydrogen-bond donors (Lipinski definition) is 1. The van der Waals surface area contributed by atoms with E-state index in [1.807, 2.05) is 6.07 Å². The van der Waals surface area contributed by atoms with E-state index in [1.54, 1.807) is 60.9 Å². The quantitative estimate of drug-likeness (QED) is 0.478. The van der Waals surface area contributed by atoms with Crippen molar-refractivity contribution < 1.29 is 22.7 Å². The van der Waals surface area contributed by atoms with E-state index in [4.69, 9.17) is 4.74 Å². The van der Waals surface area contributed by atoms with Crippen LogP contribution in [0.4, 0.5) is 13.2 Å². The summed E-state index contributed by atoms with van der Waals surface area (Å²) >= 11 is 0. The fraction of sp³-hybridized carbons (Fsp3) is 0.130. The standard InChI is InChI=1S/C23H17F3N4O2/c24-23(25,26)14-32-22-16(4-3-9-28-22)13-29-21(31)18-12-20(15-7-10-27-11-8-15)30-19-6-2-1-5-17(18)19/h1-12H,13-14H2,(H,29,31). The van der Waals surface area contributed by atoms with Crippen LogP contribution in [0.25, 0.3) is 22.2 Å². The highest BCUT2D eigenvalue weighted by molar-refractivity contribution is 6.07. The van der Waals surface area contributed by atoms with Crippen molar-refractivity contribution in [2.45, 2.75) is 12.7 Å². The van der Waals surface area contributed by atoms with Gasteiger partial charge in [-0.25, -0.2) is 9.97 Å². The molecule has 0 atom stereocenters. The molecule has 0 aliphatic rings. The van der Waals surface area contributed by atoms with Crippen LogP contribution in [0.5, 0.6) is 5.88 Å². The number of amides is 1. The number of carbonyl (C=O) groups is 1. The summed E-state index contributed by atoms with van der Waals surface area (Å²) < 4.78 is 42.3. The third-order valence-electron chi connectivity index (χ3n) is 4.60. The maximum atomic E-state index is 13.1. The van der Waals surface area contributed by atoms with E-state index >= 15 is 0 Å². The molecule has 0 spiro atoms. The molecule has 1 N–H and O–H groups in total. The van der Waals surface area contributed by atoms with Crippen LogP contribution >= 0.6 is 0 Å². The molecule has 9 heteroatoms.